The fourth-order valence-corrected chi connectivity index (χ4v) is 0. The Labute approximate surface area is 68.2 Å². The van der Waals surface area contributed by atoms with Crippen LogP contribution >= 0.6 is 32.3 Å². The standard InChI is InChI=1S/C2F2I.ClH.Zn/c3-2(4)1-5;;/h;1H;/q-1;;+2/p-1. The third-order valence-corrected chi connectivity index (χ3v) is 0.479. The number of halogens is 4. The first-order valence-corrected chi connectivity index (χ1v) is 6.06. The average molecular weight is 290 g/mol. The van der Waals surface area contributed by atoms with Gasteiger partial charge in [-0.1, -0.05) is 0 Å². The first-order chi connectivity index (χ1) is 3.27. The zero-order chi connectivity index (χ0) is 6.28. The van der Waals surface area contributed by atoms with Crippen LogP contribution in [0.3, 0.4) is 0 Å². The van der Waals surface area contributed by atoms with Gasteiger partial charge in [0, 0.05) is 0 Å². The molecule has 0 spiro atoms. The number of rotatable bonds is 0. The second-order valence-electron chi connectivity index (χ2n) is 0.355. The van der Waals surface area contributed by atoms with Crippen molar-refractivity contribution in [2.75, 3.05) is 0 Å². The average Bonchev–Trinajstić information content (AvgIpc) is 1.73. The number of hydrogen-bond acceptors (Lipinski definition) is 0. The monoisotopic (exact) mass is 288 g/mol. The maximum atomic E-state index is 10.6. The van der Waals surface area contributed by atoms with E-state index in [1.807, 2.05) is 0 Å². The Morgan fingerprint density at radius 2 is 1.71 bits per heavy atom. The van der Waals surface area contributed by atoms with Crippen molar-refractivity contribution >= 4 is 32.3 Å². The molecular weight excluding hydrogens is 290 g/mol. The molecule has 0 heterocycles. The summed E-state index contributed by atoms with van der Waals surface area (Å²) >= 11 is 2.19. The molecule has 0 aliphatic rings. The Balaban J connectivity index is 0. The molecule has 0 unspecified atom stereocenters. The molecule has 0 amide bonds. The van der Waals surface area contributed by atoms with Crippen LogP contribution in [0.25, 0.3) is 0 Å². The molecule has 0 bridgehead atoms. The van der Waals surface area contributed by atoms with Crippen molar-refractivity contribution in [3.8, 4) is 0 Å². The summed E-state index contributed by atoms with van der Waals surface area (Å²) in [6.45, 7) is 0. The molecule has 0 rings (SSSR count). The molecule has 0 radical (unpaired) electrons. The molecule has 0 aliphatic heterocycles. The minimum atomic E-state index is -1.76. The van der Waals surface area contributed by atoms with E-state index in [0.29, 0.717) is 0 Å². The van der Waals surface area contributed by atoms with E-state index in [1.165, 1.54) is 22.6 Å². The van der Waals surface area contributed by atoms with E-state index >= 15 is 0 Å². The molecule has 0 aromatic rings. The quantitative estimate of drug-likeness (QED) is 0.365. The van der Waals surface area contributed by atoms with Crippen LogP contribution in [0.2, 0.25) is 0 Å². The molecule has 0 aromatic carbocycles. The van der Waals surface area contributed by atoms with Crippen molar-refractivity contribution in [3.63, 3.8) is 0 Å². The van der Waals surface area contributed by atoms with Gasteiger partial charge in [-0.15, -0.1) is 0 Å². The van der Waals surface area contributed by atoms with Gasteiger partial charge in [0.05, 0.1) is 0 Å². The van der Waals surface area contributed by atoms with Gasteiger partial charge in [0.1, 0.15) is 6.08 Å². The molecule has 0 atom stereocenters. The van der Waals surface area contributed by atoms with Gasteiger partial charge in [-0.3, -0.25) is 0 Å². The summed E-state index contributed by atoms with van der Waals surface area (Å²) in [5.41, 5.74) is 0. The molecule has 0 N–H and O–H groups in total. The summed E-state index contributed by atoms with van der Waals surface area (Å²) in [6, 6.07) is 0. The Morgan fingerprint density at radius 3 is 1.71 bits per heavy atom. The molecule has 5 heteroatoms. The SMILES string of the molecule is FC(F)=[C-]I.[Cl][Zn+]. The van der Waals surface area contributed by atoms with E-state index in [1.54, 1.807) is 4.08 Å². The van der Waals surface area contributed by atoms with Crippen LogP contribution in [0.15, 0.2) is 6.08 Å². The zero-order valence-corrected chi connectivity index (χ0v) is 9.10. The third kappa shape index (κ3) is 18.9. The Morgan fingerprint density at radius 1 is 1.57 bits per heavy atom. The molecule has 0 aliphatic carbocycles. The summed E-state index contributed by atoms with van der Waals surface area (Å²) in [6.07, 6.45) is -1.76. The van der Waals surface area contributed by atoms with Crippen LogP contribution in [0.1, 0.15) is 0 Å². The van der Waals surface area contributed by atoms with Gasteiger partial charge in [0.15, 0.2) is 0 Å². The molecule has 0 saturated heterocycles. The van der Waals surface area contributed by atoms with Gasteiger partial charge in [0.2, 0.25) is 0 Å². The van der Waals surface area contributed by atoms with Crippen molar-refractivity contribution in [1.29, 1.82) is 0 Å². The fraction of sp³-hybridized carbons (Fsp3) is 0. The van der Waals surface area contributed by atoms with Gasteiger partial charge >= 0.3 is 27.0 Å². The number of hydrogen-bond donors (Lipinski definition) is 0. The molecule has 7 heavy (non-hydrogen) atoms. The summed E-state index contributed by atoms with van der Waals surface area (Å²) < 4.78 is 22.7. The van der Waals surface area contributed by atoms with E-state index in [-0.39, 0.29) is 0 Å². The van der Waals surface area contributed by atoms with E-state index < -0.39 is 6.08 Å². The van der Waals surface area contributed by atoms with Gasteiger partial charge in [-0.25, -0.2) is 8.78 Å². The van der Waals surface area contributed by atoms with E-state index in [2.05, 4.69) is 0 Å². The summed E-state index contributed by atoms with van der Waals surface area (Å²) in [5, 5.41) is 0. The Kier molecular flexibility index (Phi) is 16.3. The molecule has 0 fully saturated rings. The second kappa shape index (κ2) is 10.3. The van der Waals surface area contributed by atoms with E-state index in [0.717, 1.165) is 17.3 Å². The van der Waals surface area contributed by atoms with Gasteiger partial charge in [0.25, 0.3) is 0 Å². The van der Waals surface area contributed by atoms with Gasteiger partial charge in [-0.2, -0.15) is 0 Å². The maximum absolute atomic E-state index is 10.6. The fourth-order valence-electron chi connectivity index (χ4n) is 0. The molecule has 0 nitrogen and oxygen atoms in total. The van der Waals surface area contributed by atoms with Crippen LogP contribution in [-0.2, 0) is 17.3 Å². The molecular formula is C2ClF2IZn. The predicted octanol–water partition coefficient (Wildman–Crippen LogP) is 2.65. The van der Waals surface area contributed by atoms with Crippen molar-refractivity contribution in [3.05, 3.63) is 10.2 Å². The van der Waals surface area contributed by atoms with E-state index in [4.69, 9.17) is 9.69 Å². The van der Waals surface area contributed by atoms with Crippen LogP contribution in [0.5, 0.6) is 0 Å². The van der Waals surface area contributed by atoms with Crippen LogP contribution in [-0.4, -0.2) is 0 Å². The molecule has 38 valence electrons. The van der Waals surface area contributed by atoms with Crippen molar-refractivity contribution in [2.45, 2.75) is 0 Å². The summed E-state index contributed by atoms with van der Waals surface area (Å²) in [7, 11) is 4.76. The van der Waals surface area contributed by atoms with Crippen molar-refractivity contribution in [2.24, 2.45) is 0 Å². The van der Waals surface area contributed by atoms with E-state index in [9.17, 15) is 8.78 Å². The van der Waals surface area contributed by atoms with Crippen LogP contribution in [0.4, 0.5) is 8.78 Å². The normalized spacial score (nSPS) is 6.00. The zero-order valence-electron chi connectivity index (χ0n) is 3.22. The summed E-state index contributed by atoms with van der Waals surface area (Å²) in [5.74, 6) is 0. The minimum absolute atomic E-state index is 0.847. The molecule has 0 saturated carbocycles. The third-order valence-electron chi connectivity index (χ3n) is 0.0714. The topological polar surface area (TPSA) is 0 Å². The van der Waals surface area contributed by atoms with Gasteiger partial charge < -0.3 is 26.7 Å². The first kappa shape index (κ1) is 11.1. The van der Waals surface area contributed by atoms with Crippen LogP contribution in [0, 0.1) is 4.08 Å². The predicted molar refractivity (Wildman–Crippen MR) is 28.8 cm³/mol. The van der Waals surface area contributed by atoms with Crippen molar-refractivity contribution < 1.29 is 26.1 Å². The first-order valence-electron chi connectivity index (χ1n) is 1.08. The van der Waals surface area contributed by atoms with Crippen molar-refractivity contribution in [1.82, 2.24) is 0 Å². The second-order valence-corrected chi connectivity index (χ2v) is 0.894. The van der Waals surface area contributed by atoms with Gasteiger partial charge in [-0.05, 0) is 0 Å². The molecule has 0 aromatic heterocycles. The van der Waals surface area contributed by atoms with Crippen LogP contribution < -0.4 is 0 Å². The summed E-state index contributed by atoms with van der Waals surface area (Å²) in [4.78, 5) is 0. The Bertz CT molecular complexity index is 53.7. The Hall–Kier alpha value is 1.24.